The molecule has 0 fully saturated rings. The van der Waals surface area contributed by atoms with Crippen molar-refractivity contribution in [2.75, 3.05) is 26.3 Å². The summed E-state index contributed by atoms with van der Waals surface area (Å²) in [5.74, 6) is -1.67. The molecule has 2 amide bonds. The quantitative estimate of drug-likeness (QED) is 0.0533. The van der Waals surface area contributed by atoms with Gasteiger partial charge in [-0.25, -0.2) is 4.68 Å². The molecule has 17 nitrogen and oxygen atoms in total. The summed E-state index contributed by atoms with van der Waals surface area (Å²) >= 11 is 0. The fraction of sp³-hybridized carbons (Fsp3) is 0.846. The lowest BCUT2D eigenvalue weighted by molar-refractivity contribution is -0.128. The third-order valence-corrected chi connectivity index (χ3v) is 10.3. The van der Waals surface area contributed by atoms with Crippen molar-refractivity contribution in [1.29, 1.82) is 0 Å². The lowest BCUT2D eigenvalue weighted by Gasteiger charge is -2.32. The van der Waals surface area contributed by atoms with E-state index in [1.54, 1.807) is 13.8 Å². The Morgan fingerprint density at radius 2 is 1.46 bits per heavy atom. The standard InChI is InChI=1S/C39H74N6O11/c1-11-28(47)33(52)32(51)24(3)20-40-31(50)14-13-27(36(55)41-21-29(48)34(53)35(54)30(49)23-46)42-25(4)15-16-39(10,12-2)56-18-17-38(8,9)45-22-26(43-44-45)19-37(5,6)7/h22,24,27-30,32-35,42,46-49,51-54H,4,11-21,23H2,1-3,5-10H3,(H,40,50)(H,41,55)/t24?,27?,28-,29?,30-,32?,33?,34?,35?,39?/m1/s1. The molecule has 1 rings (SSSR count). The second-order valence-corrected chi connectivity index (χ2v) is 17.2. The Morgan fingerprint density at radius 1 is 0.857 bits per heavy atom. The molecule has 0 aliphatic heterocycles. The van der Waals surface area contributed by atoms with Crippen molar-refractivity contribution >= 4 is 11.8 Å². The molecule has 0 saturated heterocycles. The Balaban J connectivity index is 2.91. The van der Waals surface area contributed by atoms with Crippen molar-refractivity contribution in [3.63, 3.8) is 0 Å². The van der Waals surface area contributed by atoms with Crippen LogP contribution < -0.4 is 16.0 Å². The maximum absolute atomic E-state index is 13.4. The highest BCUT2D eigenvalue weighted by molar-refractivity contribution is 5.83. The van der Waals surface area contributed by atoms with Crippen LogP contribution in [0.15, 0.2) is 18.5 Å². The fourth-order valence-electron chi connectivity index (χ4n) is 5.81. The van der Waals surface area contributed by atoms with Gasteiger partial charge in [0, 0.05) is 43.9 Å². The number of carbonyl (C=O) groups excluding carboxylic acids is 2. The summed E-state index contributed by atoms with van der Waals surface area (Å²) in [4.78, 5) is 26.2. The third-order valence-electron chi connectivity index (χ3n) is 10.3. The molecule has 1 aromatic heterocycles. The zero-order valence-corrected chi connectivity index (χ0v) is 35.1. The topological polar surface area (TPSA) is 272 Å². The van der Waals surface area contributed by atoms with Crippen LogP contribution in [0.4, 0.5) is 0 Å². The van der Waals surface area contributed by atoms with Gasteiger partial charge in [0.1, 0.15) is 30.5 Å². The minimum Gasteiger partial charge on any atom is -0.394 e. The molecule has 0 aromatic carbocycles. The van der Waals surface area contributed by atoms with Gasteiger partial charge in [-0.1, -0.05) is 53.3 Å². The molecule has 0 aliphatic carbocycles. The lowest BCUT2D eigenvalue weighted by Crippen LogP contribution is -2.52. The van der Waals surface area contributed by atoms with Crippen LogP contribution in [0.25, 0.3) is 0 Å². The Morgan fingerprint density at radius 3 is 2.04 bits per heavy atom. The van der Waals surface area contributed by atoms with Crippen molar-refractivity contribution in [2.24, 2.45) is 11.3 Å². The van der Waals surface area contributed by atoms with Gasteiger partial charge in [-0.3, -0.25) is 9.59 Å². The summed E-state index contributed by atoms with van der Waals surface area (Å²) in [5, 5.41) is 96.5. The predicted octanol–water partition coefficient (Wildman–Crippen LogP) is 0.00660. The molecule has 1 aromatic rings. The van der Waals surface area contributed by atoms with Crippen molar-refractivity contribution in [1.82, 2.24) is 30.9 Å². The van der Waals surface area contributed by atoms with Crippen LogP contribution in [0.3, 0.4) is 0 Å². The maximum atomic E-state index is 13.4. The molecule has 1 heterocycles. The average molecular weight is 803 g/mol. The first-order chi connectivity index (χ1) is 25.9. The van der Waals surface area contributed by atoms with E-state index < -0.39 is 85.3 Å². The highest BCUT2D eigenvalue weighted by Crippen LogP contribution is 2.27. The molecular formula is C39H74N6O11. The van der Waals surface area contributed by atoms with Gasteiger partial charge < -0.3 is 61.5 Å². The summed E-state index contributed by atoms with van der Waals surface area (Å²) in [6.45, 7) is 21.1. The molecule has 0 aliphatic rings. The monoisotopic (exact) mass is 803 g/mol. The summed E-state index contributed by atoms with van der Waals surface area (Å²) in [7, 11) is 0. The van der Waals surface area contributed by atoms with E-state index in [-0.39, 0.29) is 36.8 Å². The molecule has 0 radical (unpaired) electrons. The highest BCUT2D eigenvalue weighted by atomic mass is 16.5. The number of nitrogens with zero attached hydrogens (tertiary/aromatic N) is 3. The predicted molar refractivity (Wildman–Crippen MR) is 211 cm³/mol. The molecule has 8 unspecified atom stereocenters. The number of aliphatic hydroxyl groups excluding tert-OH is 8. The second kappa shape index (κ2) is 23.6. The number of hydrogen-bond donors (Lipinski definition) is 11. The molecule has 56 heavy (non-hydrogen) atoms. The molecule has 0 bridgehead atoms. The van der Waals surface area contributed by atoms with Gasteiger partial charge in [0.2, 0.25) is 11.8 Å². The summed E-state index contributed by atoms with van der Waals surface area (Å²) in [6, 6.07) is -1.02. The molecule has 326 valence electrons. The molecule has 0 spiro atoms. The largest absolute Gasteiger partial charge is 0.394 e. The van der Waals surface area contributed by atoms with Gasteiger partial charge in [-0.05, 0) is 71.1 Å². The number of aliphatic hydroxyl groups is 8. The number of hydrogen-bond acceptors (Lipinski definition) is 14. The summed E-state index contributed by atoms with van der Waals surface area (Å²) < 4.78 is 8.30. The number of aromatic nitrogens is 3. The SMILES string of the molecule is C=C(CCC(C)(CC)OCCC(C)(C)n1cc(CC(C)(C)C)nn1)NC(CCC(=O)NCC(C)C(O)C(O)[C@H](O)CC)C(=O)NCC(O)C(O)C(O)[C@H](O)CO. The normalized spacial score (nSPS) is 18.4. The van der Waals surface area contributed by atoms with Crippen LogP contribution in [0.1, 0.15) is 113 Å². The first-order valence-corrected chi connectivity index (χ1v) is 19.8. The van der Waals surface area contributed by atoms with Crippen LogP contribution in [0.2, 0.25) is 0 Å². The average Bonchev–Trinajstić information content (AvgIpc) is 3.62. The highest BCUT2D eigenvalue weighted by Gasteiger charge is 2.32. The first-order valence-electron chi connectivity index (χ1n) is 19.8. The van der Waals surface area contributed by atoms with Crippen molar-refractivity contribution < 1.29 is 55.2 Å². The van der Waals surface area contributed by atoms with E-state index in [0.29, 0.717) is 38.0 Å². The molecule has 0 saturated carbocycles. The minimum absolute atomic E-state index is 0.000444. The smallest absolute Gasteiger partial charge is 0.242 e. The van der Waals surface area contributed by atoms with Crippen LogP contribution in [-0.4, -0.2) is 148 Å². The number of carbonyl (C=O) groups is 2. The van der Waals surface area contributed by atoms with Crippen molar-refractivity contribution in [2.45, 2.75) is 174 Å². The van der Waals surface area contributed by atoms with E-state index in [1.165, 1.54) is 0 Å². The fourth-order valence-corrected chi connectivity index (χ4v) is 5.81. The Kier molecular flexibility index (Phi) is 21.6. The van der Waals surface area contributed by atoms with Crippen LogP contribution in [0, 0.1) is 11.3 Å². The minimum atomic E-state index is -1.88. The molecule has 17 heteroatoms. The van der Waals surface area contributed by atoms with E-state index in [2.05, 4.69) is 67.5 Å². The van der Waals surface area contributed by atoms with Crippen LogP contribution in [-0.2, 0) is 26.3 Å². The van der Waals surface area contributed by atoms with E-state index in [1.807, 2.05) is 24.7 Å². The first kappa shape index (κ1) is 51.3. The van der Waals surface area contributed by atoms with Gasteiger partial charge in [0.15, 0.2) is 0 Å². The van der Waals surface area contributed by atoms with E-state index in [4.69, 9.17) is 9.84 Å². The number of ether oxygens (including phenoxy) is 1. The zero-order valence-electron chi connectivity index (χ0n) is 35.1. The van der Waals surface area contributed by atoms with Crippen LogP contribution in [0.5, 0.6) is 0 Å². The van der Waals surface area contributed by atoms with Gasteiger partial charge >= 0.3 is 0 Å². The van der Waals surface area contributed by atoms with Crippen LogP contribution >= 0.6 is 0 Å². The number of nitrogens with one attached hydrogen (secondary N) is 3. The zero-order chi connectivity index (χ0) is 43.0. The van der Waals surface area contributed by atoms with E-state index in [9.17, 15) is 45.3 Å². The number of amides is 2. The van der Waals surface area contributed by atoms with Gasteiger partial charge in [-0.2, -0.15) is 0 Å². The summed E-state index contributed by atoms with van der Waals surface area (Å²) in [5.41, 5.74) is 0.647. The summed E-state index contributed by atoms with van der Waals surface area (Å²) in [6.07, 6.45) is -5.69. The maximum Gasteiger partial charge on any atom is 0.242 e. The second-order valence-electron chi connectivity index (χ2n) is 17.2. The van der Waals surface area contributed by atoms with Crippen molar-refractivity contribution in [3.05, 3.63) is 24.2 Å². The van der Waals surface area contributed by atoms with Gasteiger partial charge in [-0.15, -0.1) is 5.10 Å². The number of rotatable bonds is 28. The Hall–Kier alpha value is -2.74. The Labute approximate surface area is 332 Å². The molecule has 10 atom stereocenters. The van der Waals surface area contributed by atoms with E-state index >= 15 is 0 Å². The van der Waals surface area contributed by atoms with Gasteiger partial charge in [0.05, 0.1) is 41.8 Å². The Bertz CT molecular complexity index is 1320. The molecule has 11 N–H and O–H groups in total. The number of allylic oxidation sites excluding steroid dienone is 1. The lowest BCUT2D eigenvalue weighted by atomic mass is 9.91. The van der Waals surface area contributed by atoms with Crippen molar-refractivity contribution in [3.8, 4) is 0 Å². The molecular weight excluding hydrogens is 728 g/mol. The third kappa shape index (κ3) is 17.8. The van der Waals surface area contributed by atoms with Gasteiger partial charge in [0.25, 0.3) is 0 Å². The van der Waals surface area contributed by atoms with E-state index in [0.717, 1.165) is 12.1 Å².